The van der Waals surface area contributed by atoms with E-state index in [-0.39, 0.29) is 0 Å². The minimum absolute atomic E-state index is 1.20. The molecule has 2 aliphatic carbocycles. The Morgan fingerprint density at radius 1 is 0.415 bits per heavy atom. The van der Waals surface area contributed by atoms with Crippen LogP contribution in [0.1, 0.15) is 213 Å². The molecule has 0 amide bonds. The monoisotopic (exact) mass is 565 g/mol. The Labute approximate surface area is 259 Å². The van der Waals surface area contributed by atoms with Crippen LogP contribution in [0, 0.1) is 0 Å². The van der Waals surface area contributed by atoms with Gasteiger partial charge in [0.25, 0.3) is 0 Å². The molecule has 0 heteroatoms. The zero-order valence-electron chi connectivity index (χ0n) is 28.2. The summed E-state index contributed by atoms with van der Waals surface area (Å²) in [5, 5.41) is 0. The lowest BCUT2D eigenvalue weighted by atomic mass is 9.89. The lowest BCUT2D eigenvalue weighted by Crippen LogP contribution is -1.97. The summed E-state index contributed by atoms with van der Waals surface area (Å²) in [6.45, 7) is 4.61. The summed E-state index contributed by atoms with van der Waals surface area (Å²) >= 11 is 0. The van der Waals surface area contributed by atoms with E-state index in [2.05, 4.69) is 38.2 Å². The van der Waals surface area contributed by atoms with Crippen LogP contribution in [0.25, 0.3) is 0 Å². The van der Waals surface area contributed by atoms with E-state index in [0.717, 1.165) is 0 Å². The van der Waals surface area contributed by atoms with Gasteiger partial charge in [-0.1, -0.05) is 211 Å². The van der Waals surface area contributed by atoms with Gasteiger partial charge in [0.05, 0.1) is 0 Å². The van der Waals surface area contributed by atoms with Gasteiger partial charge in [-0.15, -0.1) is 0 Å². The first kappa shape index (κ1) is 36.2. The molecule has 0 atom stereocenters. The summed E-state index contributed by atoms with van der Waals surface area (Å²) in [5.41, 5.74) is 6.37. The second kappa shape index (κ2) is 26.6. The number of hydrogen-bond donors (Lipinski definition) is 0. The van der Waals surface area contributed by atoms with Crippen molar-refractivity contribution in [3.63, 3.8) is 0 Å². The van der Waals surface area contributed by atoms with E-state index in [1.165, 1.54) is 205 Å². The van der Waals surface area contributed by atoms with Crippen molar-refractivity contribution in [1.82, 2.24) is 0 Å². The first-order valence-corrected chi connectivity index (χ1v) is 19.2. The highest BCUT2D eigenvalue weighted by Gasteiger charge is 2.17. The lowest BCUT2D eigenvalue weighted by Gasteiger charge is -2.16. The molecule has 0 bridgehead atoms. The van der Waals surface area contributed by atoms with Gasteiger partial charge in [0.15, 0.2) is 0 Å². The molecule has 0 unspecified atom stereocenters. The molecule has 236 valence electrons. The maximum Gasteiger partial charge on any atom is -0.0126 e. The fourth-order valence-electron chi connectivity index (χ4n) is 6.89. The van der Waals surface area contributed by atoms with Crippen molar-refractivity contribution in [2.75, 3.05) is 0 Å². The molecule has 2 aliphatic rings. The first-order valence-electron chi connectivity index (χ1n) is 19.2. The van der Waals surface area contributed by atoms with E-state index in [0.29, 0.717) is 0 Å². The van der Waals surface area contributed by atoms with E-state index < -0.39 is 0 Å². The van der Waals surface area contributed by atoms with Crippen molar-refractivity contribution in [2.45, 2.75) is 213 Å². The van der Waals surface area contributed by atoms with Crippen molar-refractivity contribution >= 4 is 0 Å². The van der Waals surface area contributed by atoms with Crippen LogP contribution < -0.4 is 0 Å². The Morgan fingerprint density at radius 2 is 0.780 bits per heavy atom. The second-order valence-electron chi connectivity index (χ2n) is 13.6. The molecule has 0 heterocycles. The predicted molar refractivity (Wildman–Crippen MR) is 187 cm³/mol. The summed E-state index contributed by atoms with van der Waals surface area (Å²) in [6, 6.07) is 0. The molecule has 0 aliphatic heterocycles. The van der Waals surface area contributed by atoms with Gasteiger partial charge in [0.2, 0.25) is 0 Å². The van der Waals surface area contributed by atoms with Gasteiger partial charge < -0.3 is 0 Å². The first-order chi connectivity index (χ1) is 20.3. The zero-order chi connectivity index (χ0) is 29.1. The summed E-state index contributed by atoms with van der Waals surface area (Å²) in [4.78, 5) is 0. The topological polar surface area (TPSA) is 0 Å². The summed E-state index contributed by atoms with van der Waals surface area (Å²) in [5.74, 6) is 0. The molecular formula is C41H72. The fourth-order valence-corrected chi connectivity index (χ4v) is 6.89. The number of fused-ring (bicyclic) bond motifs is 1. The average molecular weight is 565 g/mol. The summed E-state index contributed by atoms with van der Waals surface area (Å²) < 4.78 is 0. The number of hydrogen-bond acceptors (Lipinski definition) is 0. The normalized spacial score (nSPS) is 14.6. The third-order valence-corrected chi connectivity index (χ3v) is 9.70. The van der Waals surface area contributed by atoms with Crippen LogP contribution in [0.4, 0.5) is 0 Å². The van der Waals surface area contributed by atoms with Gasteiger partial charge in [-0.25, -0.2) is 0 Å². The van der Waals surface area contributed by atoms with Gasteiger partial charge in [-0.05, 0) is 48.8 Å². The third kappa shape index (κ3) is 19.0. The van der Waals surface area contributed by atoms with Gasteiger partial charge in [0.1, 0.15) is 0 Å². The van der Waals surface area contributed by atoms with Crippen molar-refractivity contribution in [1.29, 1.82) is 0 Å². The molecular weight excluding hydrogens is 492 g/mol. The van der Waals surface area contributed by atoms with Crippen LogP contribution in [0.2, 0.25) is 0 Å². The van der Waals surface area contributed by atoms with Gasteiger partial charge in [-0.3, -0.25) is 0 Å². The van der Waals surface area contributed by atoms with Crippen LogP contribution in [-0.4, -0.2) is 0 Å². The van der Waals surface area contributed by atoms with Gasteiger partial charge in [0, 0.05) is 0 Å². The van der Waals surface area contributed by atoms with E-state index in [9.17, 15) is 0 Å². The largest absolute Gasteiger partial charge is 0.0723 e. The standard InChI is InChI=1S/C41H72/c1-3-5-7-9-11-13-15-17-19-21-23-25-27-29-31-38-33-36-41-39(34-35-40(41)37-38)32-30-28-26-24-22-20-18-16-14-12-10-8-6-4-2/h34-37H,3-33H2,1-2H3. The third-order valence-electron chi connectivity index (χ3n) is 9.70. The average Bonchev–Trinajstić information content (AvgIpc) is 3.39. The molecule has 0 aromatic carbocycles. The smallest absolute Gasteiger partial charge is 0.0126 e. The van der Waals surface area contributed by atoms with Crippen molar-refractivity contribution in [3.8, 4) is 0 Å². The van der Waals surface area contributed by atoms with E-state index in [1.807, 2.05) is 0 Å². The highest BCUT2D eigenvalue weighted by Crippen LogP contribution is 2.36. The van der Waals surface area contributed by atoms with Crippen molar-refractivity contribution in [3.05, 3.63) is 46.6 Å². The van der Waals surface area contributed by atoms with Crippen LogP contribution >= 0.6 is 0 Å². The molecule has 2 rings (SSSR count). The molecule has 0 N–H and O–H groups in total. The molecule has 0 fully saturated rings. The predicted octanol–water partition coefficient (Wildman–Crippen LogP) is 14.9. The molecule has 0 aromatic rings. The van der Waals surface area contributed by atoms with Crippen molar-refractivity contribution < 1.29 is 0 Å². The molecule has 0 spiro atoms. The highest BCUT2D eigenvalue weighted by molar-refractivity contribution is 5.62. The maximum absolute atomic E-state index is 2.55. The van der Waals surface area contributed by atoms with Crippen molar-refractivity contribution in [2.24, 2.45) is 0 Å². The Bertz CT molecular complexity index is 729. The van der Waals surface area contributed by atoms with E-state index >= 15 is 0 Å². The zero-order valence-corrected chi connectivity index (χ0v) is 28.2. The maximum atomic E-state index is 2.55. The molecule has 0 radical (unpaired) electrons. The molecule has 0 saturated heterocycles. The van der Waals surface area contributed by atoms with Crippen LogP contribution in [0.15, 0.2) is 46.6 Å². The fraction of sp³-hybridized carbons (Fsp3) is 0.805. The van der Waals surface area contributed by atoms with Gasteiger partial charge >= 0.3 is 0 Å². The van der Waals surface area contributed by atoms with Crippen LogP contribution in [-0.2, 0) is 0 Å². The minimum Gasteiger partial charge on any atom is -0.0723 e. The Kier molecular flexibility index (Phi) is 23.4. The highest BCUT2D eigenvalue weighted by atomic mass is 14.2. The molecule has 41 heavy (non-hydrogen) atoms. The lowest BCUT2D eigenvalue weighted by molar-refractivity contribution is 0.535. The Morgan fingerprint density at radius 3 is 1.20 bits per heavy atom. The van der Waals surface area contributed by atoms with Gasteiger partial charge in [-0.2, -0.15) is 0 Å². The SMILES string of the molecule is CCCCCCCCCCCCCCCCC1=CC2=CC=C(CCCCCCCCCCCCCCCC)C2=CC1. The minimum atomic E-state index is 1.20. The molecule has 0 aromatic heterocycles. The van der Waals surface area contributed by atoms with E-state index in [1.54, 1.807) is 16.7 Å². The molecule has 0 saturated carbocycles. The second-order valence-corrected chi connectivity index (χ2v) is 13.6. The summed E-state index contributed by atoms with van der Waals surface area (Å²) in [7, 11) is 0. The van der Waals surface area contributed by atoms with Crippen LogP contribution in [0.5, 0.6) is 0 Å². The van der Waals surface area contributed by atoms with E-state index in [4.69, 9.17) is 0 Å². The number of allylic oxidation sites excluding steroid dienone is 8. The summed E-state index contributed by atoms with van der Waals surface area (Å²) in [6.07, 6.45) is 54.2. The quantitative estimate of drug-likeness (QED) is 0.0761. The Balaban J connectivity index is 1.36. The van der Waals surface area contributed by atoms with Crippen LogP contribution in [0.3, 0.4) is 0 Å². The molecule has 0 nitrogen and oxygen atoms in total. The number of rotatable bonds is 30. The Hall–Kier alpha value is -1.04. The number of unbranched alkanes of at least 4 members (excludes halogenated alkanes) is 26.